The fourth-order valence-corrected chi connectivity index (χ4v) is 2.10. The van der Waals surface area contributed by atoms with Crippen LogP contribution in [0.2, 0.25) is 0 Å². The van der Waals surface area contributed by atoms with Crippen molar-refractivity contribution in [1.29, 1.82) is 0 Å². The van der Waals surface area contributed by atoms with Crippen LogP contribution in [0.25, 0.3) is 0 Å². The third-order valence-electron chi connectivity index (χ3n) is 2.49. The lowest BCUT2D eigenvalue weighted by Gasteiger charge is -2.02. The van der Waals surface area contributed by atoms with Crippen LogP contribution >= 0.6 is 11.5 Å². The number of hydrogen-bond donors (Lipinski definition) is 0. The van der Waals surface area contributed by atoms with Crippen LogP contribution < -0.4 is 4.74 Å². The fraction of sp³-hybridized carbons (Fsp3) is 0.385. The molecule has 96 valence electrons. The van der Waals surface area contributed by atoms with Crippen LogP contribution in [0.1, 0.15) is 18.3 Å². The van der Waals surface area contributed by atoms with Gasteiger partial charge < -0.3 is 9.47 Å². The smallest absolute Gasteiger partial charge is 0.298 e. The second kappa shape index (κ2) is 6.47. The molecule has 0 atom stereocenters. The predicted octanol–water partition coefficient (Wildman–Crippen LogP) is 3.08. The quantitative estimate of drug-likeness (QED) is 0.804. The normalized spacial score (nSPS) is 10.6. The molecule has 1 heterocycles. The maximum Gasteiger partial charge on any atom is 0.298 e. The van der Waals surface area contributed by atoms with E-state index in [9.17, 15) is 0 Å². The van der Waals surface area contributed by atoms with Crippen LogP contribution in [-0.2, 0) is 17.6 Å². The van der Waals surface area contributed by atoms with E-state index >= 15 is 0 Å². The minimum Gasteiger partial charge on any atom is -0.430 e. The van der Waals surface area contributed by atoms with Crippen molar-refractivity contribution in [2.45, 2.75) is 19.8 Å². The Bertz CT molecular complexity index is 499. The van der Waals surface area contributed by atoms with Gasteiger partial charge in [-0.05, 0) is 24.1 Å². The molecule has 5 heteroatoms. The topological polar surface area (TPSA) is 44.2 Å². The second-order valence-corrected chi connectivity index (χ2v) is 4.54. The van der Waals surface area contributed by atoms with Gasteiger partial charge in [-0.1, -0.05) is 19.1 Å². The molecule has 0 saturated heterocycles. The molecular formula is C13H16N2O2S. The Labute approximate surface area is 111 Å². The first-order chi connectivity index (χ1) is 8.81. The van der Waals surface area contributed by atoms with Gasteiger partial charge in [-0.3, -0.25) is 0 Å². The highest BCUT2D eigenvalue weighted by Crippen LogP contribution is 2.24. The van der Waals surface area contributed by atoms with Gasteiger partial charge in [0.15, 0.2) is 0 Å². The maximum atomic E-state index is 5.69. The Kier molecular flexibility index (Phi) is 4.66. The SMILES string of the molecule is CCc1cccc(Oc2nc(CCOC)ns2)c1. The van der Waals surface area contributed by atoms with E-state index in [-0.39, 0.29) is 0 Å². The van der Waals surface area contributed by atoms with Gasteiger partial charge in [0.25, 0.3) is 5.19 Å². The number of aryl methyl sites for hydroxylation is 1. The molecule has 0 saturated carbocycles. The first-order valence-corrected chi connectivity index (χ1v) is 6.67. The summed E-state index contributed by atoms with van der Waals surface area (Å²) in [4.78, 5) is 4.30. The average Bonchev–Trinajstić information content (AvgIpc) is 2.84. The largest absolute Gasteiger partial charge is 0.430 e. The average molecular weight is 264 g/mol. The van der Waals surface area contributed by atoms with Gasteiger partial charge in [-0.15, -0.1) is 0 Å². The predicted molar refractivity (Wildman–Crippen MR) is 71.4 cm³/mol. The second-order valence-electron chi connectivity index (χ2n) is 3.82. The van der Waals surface area contributed by atoms with Crippen LogP contribution in [0.3, 0.4) is 0 Å². The summed E-state index contributed by atoms with van der Waals surface area (Å²) in [6.07, 6.45) is 1.71. The van der Waals surface area contributed by atoms with Crippen molar-refractivity contribution in [3.8, 4) is 10.9 Å². The van der Waals surface area contributed by atoms with E-state index in [0.29, 0.717) is 18.2 Å². The standard InChI is InChI=1S/C13H16N2O2S/c1-3-10-5-4-6-11(9-10)17-13-14-12(15-18-13)7-8-16-2/h4-6,9H,3,7-8H2,1-2H3. The number of rotatable bonds is 6. The van der Waals surface area contributed by atoms with E-state index in [1.807, 2.05) is 18.2 Å². The van der Waals surface area contributed by atoms with Gasteiger partial charge in [-0.2, -0.15) is 9.36 Å². The first-order valence-electron chi connectivity index (χ1n) is 5.90. The molecule has 2 rings (SSSR count). The molecule has 0 radical (unpaired) electrons. The van der Waals surface area contributed by atoms with Crippen LogP contribution in [0.15, 0.2) is 24.3 Å². The minimum atomic E-state index is 0.578. The summed E-state index contributed by atoms with van der Waals surface area (Å²) in [7, 11) is 1.67. The van der Waals surface area contributed by atoms with Gasteiger partial charge in [-0.25, -0.2) is 0 Å². The molecular weight excluding hydrogens is 248 g/mol. The van der Waals surface area contributed by atoms with E-state index in [2.05, 4.69) is 22.3 Å². The summed E-state index contributed by atoms with van der Waals surface area (Å²) in [6, 6.07) is 8.02. The lowest BCUT2D eigenvalue weighted by molar-refractivity contribution is 0.200. The van der Waals surface area contributed by atoms with Crippen LogP contribution in [0, 0.1) is 0 Å². The fourth-order valence-electron chi connectivity index (χ4n) is 1.50. The number of benzene rings is 1. The van der Waals surface area contributed by atoms with Crippen molar-refractivity contribution in [3.05, 3.63) is 35.7 Å². The molecule has 2 aromatic rings. The number of aromatic nitrogens is 2. The van der Waals surface area contributed by atoms with Crippen molar-refractivity contribution in [3.63, 3.8) is 0 Å². The molecule has 0 spiro atoms. The summed E-state index contributed by atoms with van der Waals surface area (Å²) >= 11 is 1.27. The third kappa shape index (κ3) is 3.51. The zero-order valence-corrected chi connectivity index (χ0v) is 11.4. The Balaban J connectivity index is 2.01. The molecule has 0 aliphatic carbocycles. The molecule has 0 aliphatic rings. The van der Waals surface area contributed by atoms with Gasteiger partial charge in [0.1, 0.15) is 11.6 Å². The molecule has 1 aromatic carbocycles. The van der Waals surface area contributed by atoms with Gasteiger partial charge in [0, 0.05) is 25.1 Å². The van der Waals surface area contributed by atoms with Crippen molar-refractivity contribution in [2.75, 3.05) is 13.7 Å². The van der Waals surface area contributed by atoms with Gasteiger partial charge >= 0.3 is 0 Å². The highest BCUT2D eigenvalue weighted by atomic mass is 32.1. The molecule has 18 heavy (non-hydrogen) atoms. The minimum absolute atomic E-state index is 0.578. The number of nitrogens with zero attached hydrogens (tertiary/aromatic N) is 2. The van der Waals surface area contributed by atoms with E-state index in [1.165, 1.54) is 17.1 Å². The molecule has 0 N–H and O–H groups in total. The molecule has 1 aromatic heterocycles. The molecule has 0 bridgehead atoms. The highest BCUT2D eigenvalue weighted by Gasteiger charge is 2.06. The number of ether oxygens (including phenoxy) is 2. The Morgan fingerprint density at radius 2 is 2.22 bits per heavy atom. The van der Waals surface area contributed by atoms with E-state index in [0.717, 1.165) is 18.0 Å². The van der Waals surface area contributed by atoms with E-state index in [1.54, 1.807) is 7.11 Å². The van der Waals surface area contributed by atoms with Gasteiger partial charge in [0.2, 0.25) is 0 Å². The summed E-state index contributed by atoms with van der Waals surface area (Å²) in [5.74, 6) is 1.58. The lowest BCUT2D eigenvalue weighted by Crippen LogP contribution is -1.96. The molecule has 4 nitrogen and oxygen atoms in total. The van der Waals surface area contributed by atoms with Crippen molar-refractivity contribution >= 4 is 11.5 Å². The first kappa shape index (κ1) is 13.0. The summed E-state index contributed by atoms with van der Waals surface area (Å²) < 4.78 is 14.9. The molecule has 0 amide bonds. The summed E-state index contributed by atoms with van der Waals surface area (Å²) in [6.45, 7) is 2.74. The van der Waals surface area contributed by atoms with Crippen molar-refractivity contribution in [2.24, 2.45) is 0 Å². The monoisotopic (exact) mass is 264 g/mol. The Morgan fingerprint density at radius 3 is 3.00 bits per heavy atom. The molecule has 0 aliphatic heterocycles. The zero-order valence-electron chi connectivity index (χ0n) is 10.5. The van der Waals surface area contributed by atoms with Crippen LogP contribution in [-0.4, -0.2) is 23.1 Å². The molecule has 0 unspecified atom stereocenters. The highest BCUT2D eigenvalue weighted by molar-refractivity contribution is 7.07. The van der Waals surface area contributed by atoms with Crippen molar-refractivity contribution < 1.29 is 9.47 Å². The van der Waals surface area contributed by atoms with Crippen LogP contribution in [0.5, 0.6) is 10.9 Å². The van der Waals surface area contributed by atoms with E-state index in [4.69, 9.17) is 9.47 Å². The third-order valence-corrected chi connectivity index (χ3v) is 3.12. The zero-order chi connectivity index (χ0) is 12.8. The Morgan fingerprint density at radius 1 is 1.33 bits per heavy atom. The Hall–Kier alpha value is -1.46. The summed E-state index contributed by atoms with van der Waals surface area (Å²) in [5.41, 5.74) is 1.25. The molecule has 0 fully saturated rings. The van der Waals surface area contributed by atoms with Gasteiger partial charge in [0.05, 0.1) is 6.61 Å². The van der Waals surface area contributed by atoms with Crippen LogP contribution in [0.4, 0.5) is 0 Å². The number of hydrogen-bond acceptors (Lipinski definition) is 5. The maximum absolute atomic E-state index is 5.69. The van der Waals surface area contributed by atoms with E-state index < -0.39 is 0 Å². The summed E-state index contributed by atoms with van der Waals surface area (Å²) in [5, 5.41) is 0.578. The lowest BCUT2D eigenvalue weighted by atomic mass is 10.2. The number of methoxy groups -OCH3 is 1. The van der Waals surface area contributed by atoms with Crippen molar-refractivity contribution in [1.82, 2.24) is 9.36 Å².